The van der Waals surface area contributed by atoms with Crippen molar-refractivity contribution in [3.05, 3.63) is 88.6 Å². The zero-order chi connectivity index (χ0) is 30.6. The van der Waals surface area contributed by atoms with Crippen molar-refractivity contribution in [3.63, 3.8) is 0 Å². The summed E-state index contributed by atoms with van der Waals surface area (Å²) in [4.78, 5) is 45.7. The van der Waals surface area contributed by atoms with E-state index in [1.54, 1.807) is 25.3 Å². The van der Waals surface area contributed by atoms with Gasteiger partial charge in [0, 0.05) is 49.7 Å². The Morgan fingerprint density at radius 2 is 1.70 bits per heavy atom. The Kier molecular flexibility index (Phi) is 8.87. The van der Waals surface area contributed by atoms with Crippen LogP contribution in [0, 0.1) is 5.41 Å². The van der Waals surface area contributed by atoms with Crippen molar-refractivity contribution in [2.45, 2.75) is 64.5 Å². The lowest BCUT2D eigenvalue weighted by Crippen LogP contribution is -2.48. The maximum atomic E-state index is 14.0. The van der Waals surface area contributed by atoms with Crippen LogP contribution in [0.2, 0.25) is 0 Å². The second-order valence-electron chi connectivity index (χ2n) is 11.8. The summed E-state index contributed by atoms with van der Waals surface area (Å²) >= 11 is 0. The normalized spacial score (nSPS) is 17.0. The number of nitrogens with one attached hydrogen (secondary N) is 3. The lowest BCUT2D eigenvalue weighted by atomic mass is 9.73. The van der Waals surface area contributed by atoms with Crippen molar-refractivity contribution in [1.82, 2.24) is 15.2 Å². The number of amides is 3. The SMILES string of the molecule is CNCc1ccccc1CN(CC(=O)Nc1ccc2c(c1)CC(=O)Nc1ncccc1C2)C(=O)C1(C)CCC(F)(F)CC1. The fraction of sp³-hybridized carbons (Fsp3) is 0.394. The number of pyridine rings is 1. The standard InChI is InChI=1S/C33H37F2N5O3/c1-32(11-13-33(34,35)14-12-32)31(43)40(20-25-7-4-3-6-24(25)19-36-2)21-29(42)38-27-10-9-22-16-23-8-5-15-37-30(23)39-28(41)18-26(22)17-27/h3-10,15,17,36H,11-14,16,18-21H2,1-2H3,(H,38,42)(H,37,39,41). The molecule has 0 radical (unpaired) electrons. The zero-order valence-corrected chi connectivity index (χ0v) is 24.5. The molecule has 1 fully saturated rings. The Morgan fingerprint density at radius 3 is 2.44 bits per heavy atom. The lowest BCUT2D eigenvalue weighted by molar-refractivity contribution is -0.150. The molecule has 1 aliphatic heterocycles. The number of anilines is 2. The van der Waals surface area contributed by atoms with E-state index in [-0.39, 0.29) is 57.0 Å². The third-order valence-corrected chi connectivity index (χ3v) is 8.44. The van der Waals surface area contributed by atoms with Crippen LogP contribution in [0.4, 0.5) is 20.3 Å². The van der Waals surface area contributed by atoms with Crippen molar-refractivity contribution in [2.75, 3.05) is 24.2 Å². The van der Waals surface area contributed by atoms with Gasteiger partial charge in [-0.3, -0.25) is 14.4 Å². The van der Waals surface area contributed by atoms with Gasteiger partial charge >= 0.3 is 0 Å². The molecule has 2 heterocycles. The van der Waals surface area contributed by atoms with E-state index in [1.165, 1.54) is 4.90 Å². The number of carbonyl (C=O) groups excluding carboxylic acids is 3. The molecule has 0 unspecified atom stereocenters. The molecule has 1 aromatic heterocycles. The summed E-state index contributed by atoms with van der Waals surface area (Å²) in [5, 5.41) is 8.86. The Morgan fingerprint density at radius 1 is 0.953 bits per heavy atom. The topological polar surface area (TPSA) is 103 Å². The van der Waals surface area contributed by atoms with E-state index in [0.717, 1.165) is 27.8 Å². The summed E-state index contributed by atoms with van der Waals surface area (Å²) in [5.74, 6) is -3.14. The maximum Gasteiger partial charge on any atom is 0.248 e. The predicted molar refractivity (Wildman–Crippen MR) is 161 cm³/mol. The van der Waals surface area contributed by atoms with Gasteiger partial charge in [-0.1, -0.05) is 43.3 Å². The maximum absolute atomic E-state index is 14.0. The molecule has 8 nitrogen and oxygen atoms in total. The van der Waals surface area contributed by atoms with Gasteiger partial charge in [0.1, 0.15) is 12.4 Å². The average Bonchev–Trinajstić information content (AvgIpc) is 2.96. The first-order chi connectivity index (χ1) is 20.5. The number of carbonyl (C=O) groups is 3. The number of fused-ring (bicyclic) bond motifs is 2. The minimum Gasteiger partial charge on any atom is -0.329 e. The molecular formula is C33H37F2N5O3. The summed E-state index contributed by atoms with van der Waals surface area (Å²) in [5.41, 5.74) is 4.03. The molecule has 43 heavy (non-hydrogen) atoms. The van der Waals surface area contributed by atoms with Crippen LogP contribution in [-0.4, -0.2) is 47.1 Å². The minimum atomic E-state index is -2.78. The van der Waals surface area contributed by atoms with Crippen LogP contribution in [0.15, 0.2) is 60.8 Å². The van der Waals surface area contributed by atoms with Gasteiger partial charge in [-0.05, 0) is 65.9 Å². The molecule has 2 aliphatic rings. The van der Waals surface area contributed by atoms with Crippen molar-refractivity contribution in [1.29, 1.82) is 0 Å². The number of benzene rings is 2. The van der Waals surface area contributed by atoms with Crippen molar-refractivity contribution < 1.29 is 23.2 Å². The van der Waals surface area contributed by atoms with Crippen LogP contribution in [0.1, 0.15) is 60.4 Å². The van der Waals surface area contributed by atoms with Gasteiger partial charge in [0.25, 0.3) is 0 Å². The Balaban J connectivity index is 1.36. The summed E-state index contributed by atoms with van der Waals surface area (Å²) in [6.07, 6.45) is 1.76. The van der Waals surface area contributed by atoms with E-state index in [2.05, 4.69) is 20.9 Å². The number of halogens is 2. The van der Waals surface area contributed by atoms with Gasteiger partial charge < -0.3 is 20.9 Å². The van der Waals surface area contributed by atoms with Crippen molar-refractivity contribution >= 4 is 29.2 Å². The minimum absolute atomic E-state index is 0.0562. The largest absolute Gasteiger partial charge is 0.329 e. The monoisotopic (exact) mass is 589 g/mol. The van der Waals surface area contributed by atoms with Gasteiger partial charge in [0.05, 0.1) is 6.42 Å². The summed E-state index contributed by atoms with van der Waals surface area (Å²) in [7, 11) is 1.83. The van der Waals surface area contributed by atoms with Gasteiger partial charge in [0.15, 0.2) is 0 Å². The van der Waals surface area contributed by atoms with Crippen LogP contribution in [0.3, 0.4) is 0 Å². The van der Waals surface area contributed by atoms with Gasteiger partial charge in [-0.25, -0.2) is 13.8 Å². The highest BCUT2D eigenvalue weighted by molar-refractivity contribution is 5.96. The molecule has 0 bridgehead atoms. The fourth-order valence-corrected chi connectivity index (χ4v) is 5.91. The molecule has 10 heteroatoms. The third-order valence-electron chi connectivity index (χ3n) is 8.44. The molecule has 3 N–H and O–H groups in total. The molecule has 1 aliphatic carbocycles. The second-order valence-corrected chi connectivity index (χ2v) is 11.8. The number of hydrogen-bond acceptors (Lipinski definition) is 5. The second kappa shape index (κ2) is 12.6. The molecule has 0 saturated heterocycles. The van der Waals surface area contributed by atoms with E-state index >= 15 is 0 Å². The highest BCUT2D eigenvalue weighted by atomic mass is 19.3. The molecule has 2 aromatic carbocycles. The molecule has 3 amide bonds. The lowest BCUT2D eigenvalue weighted by Gasteiger charge is -2.39. The highest BCUT2D eigenvalue weighted by Crippen LogP contribution is 2.44. The molecule has 0 atom stereocenters. The van der Waals surface area contributed by atoms with Crippen LogP contribution < -0.4 is 16.0 Å². The first-order valence-electron chi connectivity index (χ1n) is 14.6. The number of hydrogen-bond donors (Lipinski definition) is 3. The number of rotatable bonds is 8. The number of alkyl halides is 2. The summed E-state index contributed by atoms with van der Waals surface area (Å²) in [6, 6.07) is 16.9. The van der Waals surface area contributed by atoms with E-state index in [1.807, 2.05) is 49.5 Å². The summed E-state index contributed by atoms with van der Waals surface area (Å²) < 4.78 is 28.0. The average molecular weight is 590 g/mol. The summed E-state index contributed by atoms with van der Waals surface area (Å²) in [6.45, 7) is 2.24. The van der Waals surface area contributed by atoms with Crippen molar-refractivity contribution in [3.8, 4) is 0 Å². The molecule has 3 aromatic rings. The van der Waals surface area contributed by atoms with E-state index in [0.29, 0.717) is 24.5 Å². The quantitative estimate of drug-likeness (QED) is 0.341. The Hall–Kier alpha value is -4.18. The van der Waals surface area contributed by atoms with Gasteiger partial charge in [-0.2, -0.15) is 0 Å². The number of aromatic nitrogens is 1. The Labute approximate surface area is 250 Å². The fourth-order valence-electron chi connectivity index (χ4n) is 5.91. The molecule has 5 rings (SSSR count). The van der Waals surface area contributed by atoms with Gasteiger partial charge in [-0.15, -0.1) is 0 Å². The van der Waals surface area contributed by atoms with Crippen molar-refractivity contribution in [2.24, 2.45) is 5.41 Å². The number of nitrogens with zero attached hydrogens (tertiary/aromatic N) is 2. The smallest absolute Gasteiger partial charge is 0.248 e. The van der Waals surface area contributed by atoms with Crippen LogP contribution in [0.25, 0.3) is 0 Å². The first kappa shape index (κ1) is 30.3. The molecule has 1 saturated carbocycles. The van der Waals surface area contributed by atoms with E-state index in [4.69, 9.17) is 0 Å². The van der Waals surface area contributed by atoms with E-state index in [9.17, 15) is 23.2 Å². The molecule has 226 valence electrons. The van der Waals surface area contributed by atoms with Crippen LogP contribution in [0.5, 0.6) is 0 Å². The highest BCUT2D eigenvalue weighted by Gasteiger charge is 2.46. The molecular weight excluding hydrogens is 552 g/mol. The van der Waals surface area contributed by atoms with Gasteiger partial charge in [0.2, 0.25) is 23.6 Å². The predicted octanol–water partition coefficient (Wildman–Crippen LogP) is 5.07. The van der Waals surface area contributed by atoms with E-state index < -0.39 is 17.2 Å². The zero-order valence-electron chi connectivity index (χ0n) is 24.5. The Bertz CT molecular complexity index is 1520. The first-order valence-corrected chi connectivity index (χ1v) is 14.6. The molecule has 0 spiro atoms. The third kappa shape index (κ3) is 7.25. The van der Waals surface area contributed by atoms with Crippen LogP contribution in [-0.2, 0) is 40.3 Å². The van der Waals surface area contributed by atoms with Crippen LogP contribution >= 0.6 is 0 Å².